The molecule has 106 valence electrons. The van der Waals surface area contributed by atoms with E-state index in [1.807, 2.05) is 0 Å². The molecule has 2 nitrogen and oxygen atoms in total. The molecule has 1 aliphatic heterocycles. The molecule has 20 heavy (non-hydrogen) atoms. The Morgan fingerprint density at radius 2 is 1.85 bits per heavy atom. The molecule has 0 saturated carbocycles. The van der Waals surface area contributed by atoms with Crippen molar-refractivity contribution in [3.63, 3.8) is 0 Å². The molecule has 1 atom stereocenters. The van der Waals surface area contributed by atoms with Gasteiger partial charge in [-0.15, -0.1) is 0 Å². The van der Waals surface area contributed by atoms with E-state index in [1.165, 1.54) is 28.8 Å². The van der Waals surface area contributed by atoms with Gasteiger partial charge in [-0.25, -0.2) is 0 Å². The number of hydrogen-bond donors (Lipinski definition) is 1. The fourth-order valence-corrected chi connectivity index (χ4v) is 3.01. The number of rotatable bonds is 2. The van der Waals surface area contributed by atoms with E-state index in [0.717, 1.165) is 11.9 Å². The first-order chi connectivity index (χ1) is 9.56. The molecule has 0 unspecified atom stereocenters. The zero-order chi connectivity index (χ0) is 14.3. The standard InChI is InChI=1S/C18H24N2/c1-11(2)15-9-7-13-5-6-14-8-10-16(12(3)4)20-18(14)17(13)19-15/h5-7,9,11-12,16,20H,8,10H2,1-4H3/t16-/m0/s1. The van der Waals surface area contributed by atoms with Crippen molar-refractivity contribution < 1.29 is 0 Å². The van der Waals surface area contributed by atoms with Crippen LogP contribution in [0.2, 0.25) is 0 Å². The van der Waals surface area contributed by atoms with E-state index in [0.29, 0.717) is 17.9 Å². The molecular weight excluding hydrogens is 244 g/mol. The number of fused-ring (bicyclic) bond motifs is 3. The van der Waals surface area contributed by atoms with Gasteiger partial charge in [0, 0.05) is 17.1 Å². The minimum Gasteiger partial charge on any atom is -0.380 e. The summed E-state index contributed by atoms with van der Waals surface area (Å²) in [6, 6.07) is 9.40. The molecule has 1 N–H and O–H groups in total. The zero-order valence-corrected chi connectivity index (χ0v) is 12.9. The highest BCUT2D eigenvalue weighted by Crippen LogP contribution is 2.34. The second-order valence-corrected chi connectivity index (χ2v) is 6.60. The van der Waals surface area contributed by atoms with Crippen molar-refractivity contribution in [1.82, 2.24) is 4.98 Å². The number of hydrogen-bond acceptors (Lipinski definition) is 2. The average Bonchev–Trinajstić information content (AvgIpc) is 2.45. The molecule has 0 bridgehead atoms. The van der Waals surface area contributed by atoms with Crippen LogP contribution >= 0.6 is 0 Å². The van der Waals surface area contributed by atoms with Crippen LogP contribution in [0.4, 0.5) is 5.69 Å². The van der Waals surface area contributed by atoms with Gasteiger partial charge in [-0.3, -0.25) is 4.98 Å². The van der Waals surface area contributed by atoms with Crippen LogP contribution in [0.25, 0.3) is 10.9 Å². The van der Waals surface area contributed by atoms with Crippen LogP contribution in [-0.2, 0) is 6.42 Å². The molecule has 0 radical (unpaired) electrons. The maximum atomic E-state index is 4.92. The first kappa shape index (κ1) is 13.4. The number of pyridine rings is 1. The Hall–Kier alpha value is -1.57. The van der Waals surface area contributed by atoms with E-state index in [-0.39, 0.29) is 0 Å². The third kappa shape index (κ3) is 2.28. The Balaban J connectivity index is 2.13. The van der Waals surface area contributed by atoms with Gasteiger partial charge in [-0.2, -0.15) is 0 Å². The molecule has 2 heterocycles. The Labute approximate surface area is 121 Å². The molecule has 1 aliphatic rings. The molecule has 1 aromatic heterocycles. The predicted octanol–water partition coefficient (Wildman–Crippen LogP) is 4.74. The largest absolute Gasteiger partial charge is 0.380 e. The molecule has 2 heteroatoms. The zero-order valence-electron chi connectivity index (χ0n) is 12.9. The second kappa shape index (κ2) is 5.08. The molecule has 3 rings (SSSR count). The minimum atomic E-state index is 0.472. The Morgan fingerprint density at radius 1 is 1.10 bits per heavy atom. The number of aryl methyl sites for hydroxylation is 1. The molecular formula is C18H24N2. The van der Waals surface area contributed by atoms with Crippen LogP contribution in [0.15, 0.2) is 24.3 Å². The number of benzene rings is 1. The van der Waals surface area contributed by atoms with Gasteiger partial charge in [-0.1, -0.05) is 45.9 Å². The van der Waals surface area contributed by atoms with Crippen molar-refractivity contribution >= 4 is 16.6 Å². The monoisotopic (exact) mass is 268 g/mol. The summed E-state index contributed by atoms with van der Waals surface area (Å²) >= 11 is 0. The smallest absolute Gasteiger partial charge is 0.0939 e. The highest BCUT2D eigenvalue weighted by Gasteiger charge is 2.22. The topological polar surface area (TPSA) is 24.9 Å². The Bertz CT molecular complexity index is 629. The summed E-state index contributed by atoms with van der Waals surface area (Å²) in [4.78, 5) is 4.92. The molecule has 2 aromatic rings. The lowest BCUT2D eigenvalue weighted by molar-refractivity contribution is 0.483. The second-order valence-electron chi connectivity index (χ2n) is 6.60. The van der Waals surface area contributed by atoms with Crippen molar-refractivity contribution in [3.05, 3.63) is 35.5 Å². The van der Waals surface area contributed by atoms with Crippen LogP contribution < -0.4 is 5.32 Å². The van der Waals surface area contributed by atoms with Crippen molar-refractivity contribution in [2.45, 2.75) is 52.5 Å². The van der Waals surface area contributed by atoms with Crippen LogP contribution in [-0.4, -0.2) is 11.0 Å². The SMILES string of the molecule is CC(C)c1ccc2ccc3c(c2n1)N[C@H](C(C)C)CC3. The normalized spacial score (nSPS) is 18.4. The van der Waals surface area contributed by atoms with Crippen LogP contribution in [0.3, 0.4) is 0 Å². The summed E-state index contributed by atoms with van der Waals surface area (Å²) in [5.41, 5.74) is 5.02. The Kier molecular flexibility index (Phi) is 3.41. The van der Waals surface area contributed by atoms with E-state index in [9.17, 15) is 0 Å². The van der Waals surface area contributed by atoms with Gasteiger partial charge in [0.1, 0.15) is 0 Å². The van der Waals surface area contributed by atoms with E-state index >= 15 is 0 Å². The van der Waals surface area contributed by atoms with E-state index in [2.05, 4.69) is 57.3 Å². The van der Waals surface area contributed by atoms with E-state index < -0.39 is 0 Å². The van der Waals surface area contributed by atoms with Gasteiger partial charge in [0.2, 0.25) is 0 Å². The third-order valence-electron chi connectivity index (χ3n) is 4.42. The summed E-state index contributed by atoms with van der Waals surface area (Å²) in [6.07, 6.45) is 2.38. The van der Waals surface area contributed by atoms with Gasteiger partial charge in [-0.05, 0) is 36.3 Å². The summed E-state index contributed by atoms with van der Waals surface area (Å²) < 4.78 is 0. The fraction of sp³-hybridized carbons (Fsp3) is 0.500. The predicted molar refractivity (Wildman–Crippen MR) is 86.4 cm³/mol. The highest BCUT2D eigenvalue weighted by molar-refractivity contribution is 5.93. The van der Waals surface area contributed by atoms with E-state index in [1.54, 1.807) is 0 Å². The molecule has 0 saturated heterocycles. The first-order valence-corrected chi connectivity index (χ1v) is 7.75. The lowest BCUT2D eigenvalue weighted by Crippen LogP contribution is -2.30. The number of nitrogens with zero attached hydrogens (tertiary/aromatic N) is 1. The maximum Gasteiger partial charge on any atom is 0.0939 e. The quantitative estimate of drug-likeness (QED) is 0.851. The molecule has 0 aliphatic carbocycles. The van der Waals surface area contributed by atoms with Crippen LogP contribution in [0.1, 0.15) is 51.3 Å². The van der Waals surface area contributed by atoms with Gasteiger partial charge >= 0.3 is 0 Å². The highest BCUT2D eigenvalue weighted by atomic mass is 15.0. The van der Waals surface area contributed by atoms with E-state index in [4.69, 9.17) is 4.98 Å². The van der Waals surface area contributed by atoms with Gasteiger partial charge in [0.25, 0.3) is 0 Å². The molecule has 0 amide bonds. The minimum absolute atomic E-state index is 0.472. The summed E-state index contributed by atoms with van der Waals surface area (Å²) in [7, 11) is 0. The Morgan fingerprint density at radius 3 is 2.55 bits per heavy atom. The number of anilines is 1. The number of aromatic nitrogens is 1. The third-order valence-corrected chi connectivity index (χ3v) is 4.42. The lowest BCUT2D eigenvalue weighted by Gasteiger charge is -2.30. The van der Waals surface area contributed by atoms with Crippen LogP contribution in [0.5, 0.6) is 0 Å². The van der Waals surface area contributed by atoms with Crippen molar-refractivity contribution in [2.24, 2.45) is 5.92 Å². The average molecular weight is 268 g/mol. The van der Waals surface area contributed by atoms with Crippen molar-refractivity contribution in [2.75, 3.05) is 5.32 Å². The summed E-state index contributed by atoms with van der Waals surface area (Å²) in [5, 5.41) is 4.98. The maximum absolute atomic E-state index is 4.92. The summed E-state index contributed by atoms with van der Waals surface area (Å²) in [6.45, 7) is 8.99. The van der Waals surface area contributed by atoms with Crippen molar-refractivity contribution in [3.8, 4) is 0 Å². The molecule has 0 fully saturated rings. The molecule has 1 aromatic carbocycles. The number of nitrogens with one attached hydrogen (secondary N) is 1. The van der Waals surface area contributed by atoms with Crippen LogP contribution in [0, 0.1) is 5.92 Å². The van der Waals surface area contributed by atoms with Gasteiger partial charge in [0.05, 0.1) is 11.2 Å². The van der Waals surface area contributed by atoms with Gasteiger partial charge in [0.15, 0.2) is 0 Å². The van der Waals surface area contributed by atoms with Crippen molar-refractivity contribution in [1.29, 1.82) is 0 Å². The van der Waals surface area contributed by atoms with Gasteiger partial charge < -0.3 is 5.32 Å². The fourth-order valence-electron chi connectivity index (χ4n) is 3.01. The summed E-state index contributed by atoms with van der Waals surface area (Å²) in [5.74, 6) is 1.13. The first-order valence-electron chi connectivity index (χ1n) is 7.75. The lowest BCUT2D eigenvalue weighted by atomic mass is 9.90. The molecule has 0 spiro atoms.